The van der Waals surface area contributed by atoms with Crippen molar-refractivity contribution in [2.24, 2.45) is 11.5 Å². The molecule has 0 aromatic carbocycles. The highest BCUT2D eigenvalue weighted by molar-refractivity contribution is 5.68. The van der Waals surface area contributed by atoms with E-state index in [4.69, 9.17) is 9.90 Å². The van der Waals surface area contributed by atoms with Crippen molar-refractivity contribution in [3.63, 3.8) is 0 Å². The maximum Gasteiger partial charge on any atom is 0.336 e. The van der Waals surface area contributed by atoms with Gasteiger partial charge >= 0.3 is 5.96 Å². The molecule has 0 fully saturated rings. The topological polar surface area (TPSA) is 115 Å². The van der Waals surface area contributed by atoms with Crippen molar-refractivity contribution < 1.29 is 15.3 Å². The first-order valence-corrected chi connectivity index (χ1v) is 1.29. The first-order chi connectivity index (χ1) is 3.15. The van der Waals surface area contributed by atoms with E-state index in [0.29, 0.717) is 6.47 Å². The van der Waals surface area contributed by atoms with E-state index >= 15 is 0 Å². The Hall–Kier alpha value is -1.26. The maximum absolute atomic E-state index is 8.24. The standard InChI is InChI=1S/CH5N3.CHO2/c2-1(3)4;2-1-3/h(H5,2,3,4);(H,2,3)/q;-1/p+1. The molecule has 5 heteroatoms. The van der Waals surface area contributed by atoms with Crippen LogP contribution in [0.5, 0.6) is 0 Å². The van der Waals surface area contributed by atoms with Crippen LogP contribution in [0.2, 0.25) is 0 Å². The Kier molecular flexibility index (Phi) is 11.6. The summed E-state index contributed by atoms with van der Waals surface area (Å²) in [5.74, 6) is -0.0833. The summed E-state index contributed by atoms with van der Waals surface area (Å²) >= 11 is 0. The third kappa shape index (κ3) is 22.4. The monoisotopic (exact) mass is 105 g/mol. The minimum Gasteiger partial charge on any atom is -0.665 e. The quantitative estimate of drug-likeness (QED) is 0.146. The first kappa shape index (κ1) is 9.22. The molecule has 0 aliphatic rings. The van der Waals surface area contributed by atoms with Crippen LogP contribution in [-0.2, 0) is 4.79 Å². The van der Waals surface area contributed by atoms with Gasteiger partial charge in [0.15, 0.2) is 0 Å². The second kappa shape index (κ2) is 8.83. The van der Waals surface area contributed by atoms with Crippen LogP contribution in [0.4, 0.5) is 0 Å². The van der Waals surface area contributed by atoms with E-state index in [9.17, 15) is 0 Å². The Morgan fingerprint density at radius 1 is 1.71 bits per heavy atom. The molecule has 0 atom stereocenters. The highest BCUT2D eigenvalue weighted by Crippen LogP contribution is 0.973. The van der Waals surface area contributed by atoms with Crippen molar-refractivity contribution in [3.05, 3.63) is 0 Å². The molecule has 0 aromatic heterocycles. The fraction of sp³-hybridized carbons (Fsp3) is 0. The van der Waals surface area contributed by atoms with Crippen molar-refractivity contribution in [3.8, 4) is 0 Å². The SMILES string of the molecule is NC(N)=[NH2+].O=[C-]O. The van der Waals surface area contributed by atoms with E-state index in [1.807, 2.05) is 0 Å². The van der Waals surface area contributed by atoms with Crippen molar-refractivity contribution in [2.75, 3.05) is 0 Å². The molecule has 0 spiro atoms. The Labute approximate surface area is 40.4 Å². The van der Waals surface area contributed by atoms with Gasteiger partial charge in [0.2, 0.25) is 0 Å². The molecular weight excluding hydrogens is 98.0 g/mol. The second-order valence-electron chi connectivity index (χ2n) is 0.591. The average molecular weight is 105 g/mol. The minimum absolute atomic E-state index is 0.0833. The fourth-order valence-electron chi connectivity index (χ4n) is 0. The van der Waals surface area contributed by atoms with Crippen molar-refractivity contribution in [1.82, 2.24) is 0 Å². The van der Waals surface area contributed by atoms with Crippen molar-refractivity contribution >= 4 is 12.4 Å². The van der Waals surface area contributed by atoms with Gasteiger partial charge in [-0.15, -0.1) is 0 Å². The predicted octanol–water partition coefficient (Wildman–Crippen LogP) is -3.37. The van der Waals surface area contributed by atoms with Gasteiger partial charge in [-0.1, -0.05) is 6.47 Å². The maximum atomic E-state index is 8.24. The number of guanidine groups is 1. The van der Waals surface area contributed by atoms with Gasteiger partial charge in [-0.3, -0.25) is 16.9 Å². The summed E-state index contributed by atoms with van der Waals surface area (Å²) in [6.45, 7) is 0.500. The van der Waals surface area contributed by atoms with Gasteiger partial charge in [0.25, 0.3) is 0 Å². The van der Waals surface area contributed by atoms with E-state index in [1.165, 1.54) is 0 Å². The minimum atomic E-state index is -0.0833. The third-order valence-corrected chi connectivity index (χ3v) is 0. The lowest BCUT2D eigenvalue weighted by molar-refractivity contribution is -0.116. The summed E-state index contributed by atoms with van der Waals surface area (Å²) in [6.07, 6.45) is 0. The van der Waals surface area contributed by atoms with Crippen LogP contribution in [0.25, 0.3) is 0 Å². The first-order valence-electron chi connectivity index (χ1n) is 1.29. The van der Waals surface area contributed by atoms with Crippen molar-refractivity contribution in [1.29, 1.82) is 0 Å². The summed E-state index contributed by atoms with van der Waals surface area (Å²) in [7, 11) is 0. The van der Waals surface area contributed by atoms with Gasteiger partial charge in [0.1, 0.15) is 0 Å². The van der Waals surface area contributed by atoms with E-state index in [-0.39, 0.29) is 5.96 Å². The summed E-state index contributed by atoms with van der Waals surface area (Å²) < 4.78 is 0. The largest absolute Gasteiger partial charge is 0.665 e. The molecule has 5 nitrogen and oxygen atoms in total. The molecule has 0 saturated carbocycles. The molecular formula is C2H7N3O2. The Morgan fingerprint density at radius 2 is 1.71 bits per heavy atom. The van der Waals surface area contributed by atoms with Crippen molar-refractivity contribution in [2.45, 2.75) is 0 Å². The van der Waals surface area contributed by atoms with E-state index in [2.05, 4.69) is 16.9 Å². The zero-order valence-electron chi connectivity index (χ0n) is 3.59. The van der Waals surface area contributed by atoms with Crippen LogP contribution in [-0.4, -0.2) is 17.5 Å². The molecule has 7 heavy (non-hydrogen) atoms. The number of nitrogens with two attached hydrogens (primary N) is 3. The number of aliphatic hydroxyl groups excluding tert-OH is 1. The zero-order valence-corrected chi connectivity index (χ0v) is 3.59. The Morgan fingerprint density at radius 3 is 1.71 bits per heavy atom. The Balaban J connectivity index is 0. The summed E-state index contributed by atoms with van der Waals surface area (Å²) in [6, 6.07) is 0. The number of rotatable bonds is 0. The lowest BCUT2D eigenvalue weighted by atomic mass is 11.1. The van der Waals surface area contributed by atoms with Crippen LogP contribution in [0, 0.1) is 0 Å². The molecule has 0 heterocycles. The van der Waals surface area contributed by atoms with Gasteiger partial charge in [-0.05, 0) is 0 Å². The average Bonchev–Trinajstić information content (AvgIpc) is 1.33. The lowest BCUT2D eigenvalue weighted by Gasteiger charge is -1.60. The normalized spacial score (nSPS) is 5.14. The Bertz CT molecular complexity index is 58.0. The van der Waals surface area contributed by atoms with Crippen LogP contribution in [0.1, 0.15) is 0 Å². The van der Waals surface area contributed by atoms with Gasteiger partial charge in [-0.2, -0.15) is 0 Å². The molecule has 42 valence electrons. The summed E-state index contributed by atoms with van der Waals surface area (Å²) in [5.41, 5.74) is 9.17. The highest BCUT2D eigenvalue weighted by Gasteiger charge is 1.64. The van der Waals surface area contributed by atoms with Crippen LogP contribution in [0.15, 0.2) is 0 Å². The molecule has 0 amide bonds. The van der Waals surface area contributed by atoms with Crippen LogP contribution < -0.4 is 16.9 Å². The fourth-order valence-corrected chi connectivity index (χ4v) is 0. The van der Waals surface area contributed by atoms with Crippen LogP contribution >= 0.6 is 0 Å². The molecule has 0 radical (unpaired) electrons. The van der Waals surface area contributed by atoms with Crippen LogP contribution in [0.3, 0.4) is 0 Å². The molecule has 0 aliphatic heterocycles. The smallest absolute Gasteiger partial charge is 0.336 e. The van der Waals surface area contributed by atoms with Gasteiger partial charge < -0.3 is 9.90 Å². The van der Waals surface area contributed by atoms with E-state index < -0.39 is 0 Å². The molecule has 0 saturated heterocycles. The number of hydrogen-bond donors (Lipinski definition) is 4. The lowest BCUT2D eigenvalue weighted by Crippen LogP contribution is -2.51. The van der Waals surface area contributed by atoms with Gasteiger partial charge in [-0.25, -0.2) is 0 Å². The summed E-state index contributed by atoms with van der Waals surface area (Å²) in [4.78, 5) is 8.24. The highest BCUT2D eigenvalue weighted by atomic mass is 16.3. The van der Waals surface area contributed by atoms with Gasteiger partial charge in [0.05, 0.1) is 0 Å². The van der Waals surface area contributed by atoms with E-state index in [0.717, 1.165) is 0 Å². The number of hydrogen-bond acceptors (Lipinski definition) is 1. The molecule has 0 aromatic rings. The summed E-state index contributed by atoms with van der Waals surface area (Å²) in [5, 5.41) is 11.3. The molecule has 0 unspecified atom stereocenters. The predicted molar refractivity (Wildman–Crippen MR) is 23.6 cm³/mol. The zero-order chi connectivity index (χ0) is 6.28. The van der Waals surface area contributed by atoms with E-state index in [1.54, 1.807) is 0 Å². The molecule has 7 N–H and O–H groups in total. The molecule has 0 bridgehead atoms. The third-order valence-electron chi connectivity index (χ3n) is 0. The second-order valence-corrected chi connectivity index (χ2v) is 0.591. The molecule has 0 rings (SSSR count). The van der Waals surface area contributed by atoms with Gasteiger partial charge in [0, 0.05) is 0 Å². The molecule has 0 aliphatic carbocycles.